The Morgan fingerprint density at radius 1 is 1.31 bits per heavy atom. The van der Waals surface area contributed by atoms with Gasteiger partial charge in [0.2, 0.25) is 5.91 Å². The highest BCUT2D eigenvalue weighted by Gasteiger charge is 2.49. The number of hydrogen-bond acceptors (Lipinski definition) is 6. The van der Waals surface area contributed by atoms with Crippen molar-refractivity contribution in [2.75, 3.05) is 6.61 Å². The number of nitrogens with one attached hydrogen (secondary N) is 1. The second-order valence-electron chi connectivity index (χ2n) is 4.02. The third kappa shape index (κ3) is 1.80. The number of carbonyl (C=O) groups excluding carboxylic acids is 1. The van der Waals surface area contributed by atoms with Crippen LogP contribution in [0.25, 0.3) is 0 Å². The first-order chi connectivity index (χ1) is 7.54. The van der Waals surface area contributed by atoms with Gasteiger partial charge in [-0.3, -0.25) is 4.79 Å². The minimum absolute atomic E-state index is 0.362. The van der Waals surface area contributed by atoms with Gasteiger partial charge in [-0.2, -0.15) is 0 Å². The molecule has 0 bridgehead atoms. The predicted molar refractivity (Wildman–Crippen MR) is 50.2 cm³/mol. The van der Waals surface area contributed by atoms with Crippen LogP contribution in [0.5, 0.6) is 0 Å². The van der Waals surface area contributed by atoms with Gasteiger partial charge in [0.1, 0.15) is 30.5 Å². The van der Waals surface area contributed by atoms with Crippen LogP contribution >= 0.6 is 0 Å². The number of fused-ring (bicyclic) bond motifs is 1. The van der Waals surface area contributed by atoms with Gasteiger partial charge >= 0.3 is 0 Å². The van der Waals surface area contributed by atoms with Gasteiger partial charge in [0.25, 0.3) is 0 Å². The fourth-order valence-electron chi connectivity index (χ4n) is 1.90. The lowest BCUT2D eigenvalue weighted by molar-refractivity contribution is -0.288. The Hall–Kier alpha value is -0.730. The van der Waals surface area contributed by atoms with E-state index in [4.69, 9.17) is 14.6 Å². The number of hydrogen-bond donors (Lipinski definition) is 4. The standard InChI is InChI=1S/C9H15NO6/c1-3-8(14)10-5-7(13)6(12)4(2-11)16-9(5)15-3/h3-7,9,11-13H,2H2,1H3,(H,10,14)/t3-,4?,5?,6-,7-,9+/m1/s1. The second kappa shape index (κ2) is 4.27. The molecule has 2 aliphatic heterocycles. The third-order valence-electron chi connectivity index (χ3n) is 2.90. The van der Waals surface area contributed by atoms with Crippen LogP contribution in [0.4, 0.5) is 0 Å². The summed E-state index contributed by atoms with van der Waals surface area (Å²) in [4.78, 5) is 11.3. The maximum Gasteiger partial charge on any atom is 0.249 e. The molecule has 0 aromatic heterocycles. The second-order valence-corrected chi connectivity index (χ2v) is 4.02. The molecule has 16 heavy (non-hydrogen) atoms. The SMILES string of the molecule is C[C@H]1O[C@H]2OC(CO)[C@@H](O)[C@H](O)C2NC1=O. The van der Waals surface area contributed by atoms with Crippen LogP contribution in [0.15, 0.2) is 0 Å². The molecule has 2 aliphatic rings. The van der Waals surface area contributed by atoms with E-state index in [1.165, 1.54) is 0 Å². The van der Waals surface area contributed by atoms with Crippen LogP contribution in [0.1, 0.15) is 6.92 Å². The zero-order valence-corrected chi connectivity index (χ0v) is 8.74. The molecule has 0 spiro atoms. The number of ether oxygens (including phenoxy) is 2. The summed E-state index contributed by atoms with van der Waals surface area (Å²) in [5.74, 6) is -0.362. The number of amides is 1. The fourth-order valence-corrected chi connectivity index (χ4v) is 1.90. The van der Waals surface area contributed by atoms with Gasteiger partial charge in [-0.15, -0.1) is 0 Å². The Bertz CT molecular complexity index is 285. The molecular formula is C9H15NO6. The Labute approximate surface area is 92.0 Å². The van der Waals surface area contributed by atoms with Crippen molar-refractivity contribution in [3.8, 4) is 0 Å². The molecule has 7 nitrogen and oxygen atoms in total. The van der Waals surface area contributed by atoms with Crippen molar-refractivity contribution in [1.82, 2.24) is 5.32 Å². The molecule has 0 aromatic rings. The summed E-state index contributed by atoms with van der Waals surface area (Å²) in [6.07, 6.45) is -4.89. The van der Waals surface area contributed by atoms with E-state index in [1.807, 2.05) is 0 Å². The predicted octanol–water partition coefficient (Wildman–Crippen LogP) is -2.67. The largest absolute Gasteiger partial charge is 0.394 e. The van der Waals surface area contributed by atoms with Gasteiger partial charge in [0, 0.05) is 0 Å². The topological polar surface area (TPSA) is 108 Å². The van der Waals surface area contributed by atoms with E-state index >= 15 is 0 Å². The van der Waals surface area contributed by atoms with Crippen LogP contribution < -0.4 is 5.32 Å². The molecule has 92 valence electrons. The highest BCUT2D eigenvalue weighted by molar-refractivity contribution is 5.81. The van der Waals surface area contributed by atoms with Crippen molar-refractivity contribution in [1.29, 1.82) is 0 Å². The lowest BCUT2D eigenvalue weighted by Gasteiger charge is -2.45. The maximum absolute atomic E-state index is 11.3. The highest BCUT2D eigenvalue weighted by atomic mass is 16.7. The molecule has 2 heterocycles. The fraction of sp³-hybridized carbons (Fsp3) is 0.889. The van der Waals surface area contributed by atoms with Gasteiger partial charge in [-0.05, 0) is 6.92 Å². The maximum atomic E-state index is 11.3. The summed E-state index contributed by atoms with van der Waals surface area (Å²) < 4.78 is 10.5. The minimum atomic E-state index is -1.25. The first kappa shape index (κ1) is 11.7. The van der Waals surface area contributed by atoms with Crippen molar-refractivity contribution >= 4 is 5.91 Å². The molecule has 4 N–H and O–H groups in total. The molecule has 2 fully saturated rings. The van der Waals surface area contributed by atoms with Crippen LogP contribution in [0, 0.1) is 0 Å². The minimum Gasteiger partial charge on any atom is -0.394 e. The average Bonchev–Trinajstić information content (AvgIpc) is 2.26. The first-order valence-electron chi connectivity index (χ1n) is 5.13. The molecule has 0 aliphatic carbocycles. The van der Waals surface area contributed by atoms with Gasteiger partial charge < -0.3 is 30.1 Å². The van der Waals surface area contributed by atoms with Crippen LogP contribution in [0.3, 0.4) is 0 Å². The van der Waals surface area contributed by atoms with Crippen LogP contribution in [-0.4, -0.2) is 64.6 Å². The Kier molecular flexibility index (Phi) is 3.13. The van der Waals surface area contributed by atoms with E-state index in [0.29, 0.717) is 0 Å². The molecular weight excluding hydrogens is 218 g/mol. The Morgan fingerprint density at radius 2 is 2.00 bits per heavy atom. The van der Waals surface area contributed by atoms with Crippen molar-refractivity contribution in [3.63, 3.8) is 0 Å². The first-order valence-corrected chi connectivity index (χ1v) is 5.13. The van der Waals surface area contributed by atoms with Crippen molar-refractivity contribution in [2.24, 2.45) is 0 Å². The van der Waals surface area contributed by atoms with E-state index in [2.05, 4.69) is 5.32 Å². The number of aliphatic hydroxyl groups excluding tert-OH is 3. The normalized spacial score (nSPS) is 48.4. The van der Waals surface area contributed by atoms with E-state index in [9.17, 15) is 15.0 Å². The summed E-state index contributed by atoms with van der Waals surface area (Å²) in [5, 5.41) is 30.8. The van der Waals surface area contributed by atoms with Crippen molar-refractivity contribution in [2.45, 2.75) is 43.7 Å². The zero-order valence-electron chi connectivity index (χ0n) is 8.74. The monoisotopic (exact) mass is 233 g/mol. The summed E-state index contributed by atoms with van der Waals surface area (Å²) in [6, 6.07) is -0.804. The number of aliphatic hydroxyl groups is 3. The molecule has 7 heteroatoms. The summed E-state index contributed by atoms with van der Waals surface area (Å²) in [6.45, 7) is 1.13. The summed E-state index contributed by atoms with van der Waals surface area (Å²) in [7, 11) is 0. The molecule has 2 saturated heterocycles. The van der Waals surface area contributed by atoms with E-state index in [-0.39, 0.29) is 5.91 Å². The molecule has 1 amide bonds. The van der Waals surface area contributed by atoms with Crippen LogP contribution in [-0.2, 0) is 14.3 Å². The zero-order chi connectivity index (χ0) is 11.9. The number of rotatable bonds is 1. The lowest BCUT2D eigenvalue weighted by Crippen LogP contribution is -2.69. The van der Waals surface area contributed by atoms with E-state index in [0.717, 1.165) is 0 Å². The van der Waals surface area contributed by atoms with Gasteiger partial charge in [0.05, 0.1) is 6.61 Å². The van der Waals surface area contributed by atoms with Crippen molar-refractivity contribution in [3.05, 3.63) is 0 Å². The Morgan fingerprint density at radius 3 is 2.62 bits per heavy atom. The Balaban J connectivity index is 2.13. The molecule has 2 unspecified atom stereocenters. The molecule has 0 aromatic carbocycles. The molecule has 2 rings (SSSR count). The average molecular weight is 233 g/mol. The summed E-state index contributed by atoms with van der Waals surface area (Å²) >= 11 is 0. The highest BCUT2D eigenvalue weighted by Crippen LogP contribution is 2.25. The third-order valence-corrected chi connectivity index (χ3v) is 2.90. The van der Waals surface area contributed by atoms with E-state index < -0.39 is 43.4 Å². The van der Waals surface area contributed by atoms with Crippen LogP contribution in [0.2, 0.25) is 0 Å². The van der Waals surface area contributed by atoms with Gasteiger partial charge in [-0.1, -0.05) is 0 Å². The number of morpholine rings is 1. The molecule has 6 atom stereocenters. The lowest BCUT2D eigenvalue weighted by atomic mass is 9.96. The summed E-state index contributed by atoms with van der Waals surface area (Å²) in [5.41, 5.74) is 0. The molecule has 0 radical (unpaired) electrons. The smallest absolute Gasteiger partial charge is 0.249 e. The van der Waals surface area contributed by atoms with Crippen molar-refractivity contribution < 1.29 is 29.6 Å². The molecule has 0 saturated carbocycles. The van der Waals surface area contributed by atoms with Gasteiger partial charge in [0.15, 0.2) is 6.29 Å². The van der Waals surface area contributed by atoms with E-state index in [1.54, 1.807) is 6.92 Å². The number of carbonyl (C=O) groups is 1. The van der Waals surface area contributed by atoms with Gasteiger partial charge in [-0.25, -0.2) is 0 Å². The quantitative estimate of drug-likeness (QED) is 0.393.